The zero-order valence-corrected chi connectivity index (χ0v) is 16.3. The van der Waals surface area contributed by atoms with E-state index in [4.69, 9.17) is 0 Å². The average Bonchev–Trinajstić information content (AvgIpc) is 3.11. The summed E-state index contributed by atoms with van der Waals surface area (Å²) in [5, 5.41) is 0. The van der Waals surface area contributed by atoms with Crippen LogP contribution in [0.25, 0.3) is 0 Å². The molecule has 0 aromatic heterocycles. The van der Waals surface area contributed by atoms with Crippen molar-refractivity contribution in [1.82, 2.24) is 9.80 Å². The lowest BCUT2D eigenvalue weighted by atomic mass is 9.78. The molecule has 3 fully saturated rings. The SMILES string of the molecule is CC(C)c1ccc(CN2CCN3CCCC3C2C2CCCCC2)cc1. The van der Waals surface area contributed by atoms with E-state index in [1.807, 2.05) is 0 Å². The third-order valence-corrected chi connectivity index (χ3v) is 7.07. The van der Waals surface area contributed by atoms with Gasteiger partial charge in [0.25, 0.3) is 0 Å². The van der Waals surface area contributed by atoms with Crippen LogP contribution < -0.4 is 0 Å². The van der Waals surface area contributed by atoms with Crippen molar-refractivity contribution in [3.63, 3.8) is 0 Å². The molecular weight excluding hydrogens is 304 g/mol. The van der Waals surface area contributed by atoms with Crippen molar-refractivity contribution in [2.24, 2.45) is 5.92 Å². The second-order valence-corrected chi connectivity index (χ2v) is 9.00. The van der Waals surface area contributed by atoms with E-state index in [0.29, 0.717) is 5.92 Å². The Morgan fingerprint density at radius 1 is 0.880 bits per heavy atom. The largest absolute Gasteiger partial charge is 0.298 e. The van der Waals surface area contributed by atoms with Crippen LogP contribution in [0.2, 0.25) is 0 Å². The van der Waals surface area contributed by atoms with Gasteiger partial charge in [-0.15, -0.1) is 0 Å². The van der Waals surface area contributed by atoms with Gasteiger partial charge in [-0.1, -0.05) is 57.4 Å². The molecule has 0 amide bonds. The van der Waals surface area contributed by atoms with Gasteiger partial charge in [-0.3, -0.25) is 9.80 Å². The maximum absolute atomic E-state index is 2.87. The minimum absolute atomic E-state index is 0.631. The monoisotopic (exact) mass is 340 g/mol. The Morgan fingerprint density at radius 2 is 1.64 bits per heavy atom. The summed E-state index contributed by atoms with van der Waals surface area (Å²) < 4.78 is 0. The van der Waals surface area contributed by atoms with Crippen LogP contribution in [0.3, 0.4) is 0 Å². The summed E-state index contributed by atoms with van der Waals surface area (Å²) in [6, 6.07) is 11.1. The first-order valence-electron chi connectivity index (χ1n) is 10.8. The minimum Gasteiger partial charge on any atom is -0.298 e. The third-order valence-electron chi connectivity index (χ3n) is 7.07. The van der Waals surface area contributed by atoms with Gasteiger partial charge < -0.3 is 0 Å². The van der Waals surface area contributed by atoms with Gasteiger partial charge in [-0.25, -0.2) is 0 Å². The summed E-state index contributed by atoms with van der Waals surface area (Å²) in [6.45, 7) is 9.64. The van der Waals surface area contributed by atoms with E-state index in [1.54, 1.807) is 0 Å². The second-order valence-electron chi connectivity index (χ2n) is 9.00. The lowest BCUT2D eigenvalue weighted by Crippen LogP contribution is -2.59. The van der Waals surface area contributed by atoms with E-state index in [-0.39, 0.29) is 0 Å². The van der Waals surface area contributed by atoms with Crippen molar-refractivity contribution < 1.29 is 0 Å². The predicted molar refractivity (Wildman–Crippen MR) is 106 cm³/mol. The standard InChI is InChI=1S/C23H36N2/c1-18(2)20-12-10-19(11-13-20)17-25-16-15-24-14-6-9-22(24)23(25)21-7-4-3-5-8-21/h10-13,18,21-23H,3-9,14-17H2,1-2H3. The zero-order valence-electron chi connectivity index (χ0n) is 16.3. The van der Waals surface area contributed by atoms with Crippen molar-refractivity contribution in [2.45, 2.75) is 83.3 Å². The summed E-state index contributed by atoms with van der Waals surface area (Å²) in [7, 11) is 0. The van der Waals surface area contributed by atoms with Gasteiger partial charge >= 0.3 is 0 Å². The normalized spacial score (nSPS) is 29.2. The first-order chi connectivity index (χ1) is 12.2. The third kappa shape index (κ3) is 3.80. The second kappa shape index (κ2) is 7.80. The molecule has 0 bridgehead atoms. The van der Waals surface area contributed by atoms with Crippen LogP contribution in [0.15, 0.2) is 24.3 Å². The van der Waals surface area contributed by atoms with E-state index in [0.717, 1.165) is 24.5 Å². The van der Waals surface area contributed by atoms with Crippen molar-refractivity contribution in [1.29, 1.82) is 0 Å². The molecule has 2 unspecified atom stereocenters. The topological polar surface area (TPSA) is 6.48 Å². The van der Waals surface area contributed by atoms with Gasteiger partial charge in [-0.05, 0) is 55.2 Å². The zero-order chi connectivity index (χ0) is 17.2. The molecule has 1 aromatic carbocycles. The maximum Gasteiger partial charge on any atom is 0.0283 e. The Balaban J connectivity index is 1.51. The first kappa shape index (κ1) is 17.5. The van der Waals surface area contributed by atoms with E-state index >= 15 is 0 Å². The van der Waals surface area contributed by atoms with Crippen LogP contribution in [0.5, 0.6) is 0 Å². The fourth-order valence-electron chi connectivity index (χ4n) is 5.68. The number of hydrogen-bond acceptors (Lipinski definition) is 2. The molecule has 138 valence electrons. The van der Waals surface area contributed by atoms with Gasteiger partial charge in [-0.2, -0.15) is 0 Å². The van der Waals surface area contributed by atoms with Crippen LogP contribution in [0.4, 0.5) is 0 Å². The molecule has 2 heterocycles. The molecule has 2 atom stereocenters. The number of fused-ring (bicyclic) bond motifs is 1. The van der Waals surface area contributed by atoms with Crippen molar-refractivity contribution in [3.8, 4) is 0 Å². The smallest absolute Gasteiger partial charge is 0.0283 e. The average molecular weight is 341 g/mol. The molecule has 0 radical (unpaired) electrons. The summed E-state index contributed by atoms with van der Waals surface area (Å²) in [5.41, 5.74) is 2.98. The fraction of sp³-hybridized carbons (Fsp3) is 0.739. The Kier molecular flexibility index (Phi) is 5.47. The number of hydrogen-bond donors (Lipinski definition) is 0. The van der Waals surface area contributed by atoms with Gasteiger partial charge in [0.1, 0.15) is 0 Å². The van der Waals surface area contributed by atoms with Crippen molar-refractivity contribution in [3.05, 3.63) is 35.4 Å². The fourth-order valence-corrected chi connectivity index (χ4v) is 5.68. The molecule has 0 N–H and O–H groups in total. The highest BCUT2D eigenvalue weighted by atomic mass is 15.3. The molecule has 3 aliphatic rings. The molecule has 0 spiro atoms. The molecule has 2 nitrogen and oxygen atoms in total. The molecule has 4 rings (SSSR count). The molecular formula is C23H36N2. The van der Waals surface area contributed by atoms with Crippen LogP contribution in [-0.4, -0.2) is 41.5 Å². The number of piperazine rings is 1. The first-order valence-corrected chi connectivity index (χ1v) is 10.8. The lowest BCUT2D eigenvalue weighted by molar-refractivity contribution is -0.00380. The maximum atomic E-state index is 2.87. The lowest BCUT2D eigenvalue weighted by Gasteiger charge is -2.49. The summed E-state index contributed by atoms with van der Waals surface area (Å²) >= 11 is 0. The summed E-state index contributed by atoms with van der Waals surface area (Å²) in [4.78, 5) is 5.69. The quantitative estimate of drug-likeness (QED) is 0.758. The van der Waals surface area contributed by atoms with Crippen LogP contribution in [0.1, 0.15) is 75.8 Å². The van der Waals surface area contributed by atoms with Gasteiger partial charge in [0.2, 0.25) is 0 Å². The molecule has 2 aliphatic heterocycles. The van der Waals surface area contributed by atoms with Crippen LogP contribution in [-0.2, 0) is 6.54 Å². The molecule has 1 saturated carbocycles. The number of rotatable bonds is 4. The van der Waals surface area contributed by atoms with E-state index < -0.39 is 0 Å². The molecule has 1 aromatic rings. The molecule has 2 saturated heterocycles. The summed E-state index contributed by atoms with van der Waals surface area (Å²) in [6.07, 6.45) is 10.2. The Bertz CT molecular complexity index is 544. The number of benzene rings is 1. The van der Waals surface area contributed by atoms with E-state index in [9.17, 15) is 0 Å². The van der Waals surface area contributed by atoms with Crippen molar-refractivity contribution in [2.75, 3.05) is 19.6 Å². The highest BCUT2D eigenvalue weighted by molar-refractivity contribution is 5.25. The summed E-state index contributed by atoms with van der Waals surface area (Å²) in [5.74, 6) is 1.57. The number of nitrogens with zero attached hydrogens (tertiary/aromatic N) is 2. The van der Waals surface area contributed by atoms with Gasteiger partial charge in [0.05, 0.1) is 0 Å². The molecule has 25 heavy (non-hydrogen) atoms. The predicted octanol–water partition coefficient (Wildman–Crippen LogP) is 5.04. The Hall–Kier alpha value is -0.860. The van der Waals surface area contributed by atoms with Crippen LogP contribution >= 0.6 is 0 Å². The van der Waals surface area contributed by atoms with E-state index in [1.165, 1.54) is 75.7 Å². The Morgan fingerprint density at radius 3 is 2.36 bits per heavy atom. The molecule has 1 aliphatic carbocycles. The van der Waals surface area contributed by atoms with Gasteiger partial charge in [0.15, 0.2) is 0 Å². The molecule has 2 heteroatoms. The van der Waals surface area contributed by atoms with E-state index in [2.05, 4.69) is 47.9 Å². The van der Waals surface area contributed by atoms with Crippen LogP contribution in [0, 0.1) is 5.92 Å². The highest BCUT2D eigenvalue weighted by Crippen LogP contribution is 2.38. The highest BCUT2D eigenvalue weighted by Gasteiger charge is 2.42. The minimum atomic E-state index is 0.631. The Labute approximate surface area is 154 Å². The van der Waals surface area contributed by atoms with Gasteiger partial charge in [0, 0.05) is 31.7 Å². The van der Waals surface area contributed by atoms with Crippen molar-refractivity contribution >= 4 is 0 Å².